The Bertz CT molecular complexity index is 583. The van der Waals surface area contributed by atoms with Crippen LogP contribution in [0.3, 0.4) is 0 Å². The number of rotatable bonds is 5. The van der Waals surface area contributed by atoms with Crippen LogP contribution in [-0.2, 0) is 14.8 Å². The Morgan fingerprint density at radius 3 is 2.80 bits per heavy atom. The van der Waals surface area contributed by atoms with Gasteiger partial charge in [-0.05, 0) is 37.3 Å². The molecular formula is C13H17ClN2O3S. The van der Waals surface area contributed by atoms with E-state index < -0.39 is 10.0 Å². The monoisotopic (exact) mass is 316 g/mol. The van der Waals surface area contributed by atoms with Gasteiger partial charge in [-0.3, -0.25) is 0 Å². The molecule has 5 nitrogen and oxygen atoms in total. The fourth-order valence-electron chi connectivity index (χ4n) is 2.47. The van der Waals surface area contributed by atoms with Crippen molar-refractivity contribution in [2.75, 3.05) is 19.8 Å². The summed E-state index contributed by atoms with van der Waals surface area (Å²) in [5, 5.41) is 0.200. The van der Waals surface area contributed by atoms with Crippen LogP contribution < -0.4 is 0 Å². The average molecular weight is 317 g/mol. The van der Waals surface area contributed by atoms with Crippen molar-refractivity contribution in [3.8, 4) is 0 Å². The molecule has 1 aliphatic carbocycles. The molecular weight excluding hydrogens is 300 g/mol. The molecule has 2 heterocycles. The van der Waals surface area contributed by atoms with E-state index >= 15 is 0 Å². The van der Waals surface area contributed by atoms with Crippen LogP contribution >= 0.6 is 11.6 Å². The van der Waals surface area contributed by atoms with Crippen LogP contribution in [0.2, 0.25) is 5.15 Å². The van der Waals surface area contributed by atoms with Crippen molar-refractivity contribution in [2.45, 2.75) is 30.2 Å². The summed E-state index contributed by atoms with van der Waals surface area (Å²) in [6, 6.07) is 3.05. The van der Waals surface area contributed by atoms with Crippen molar-refractivity contribution in [3.05, 3.63) is 23.5 Å². The first-order valence-corrected chi connectivity index (χ1v) is 8.60. The third-order valence-corrected chi connectivity index (χ3v) is 5.84. The standard InChI is InChI=1S/C13H17ClN2O3S/c14-13-7-12(3-5-15-13)20(17,18)16(11-1-2-11)8-10-4-6-19-9-10/h3,5,7,10-11H,1-2,4,6,8-9H2. The summed E-state index contributed by atoms with van der Waals surface area (Å²) < 4.78 is 32.5. The van der Waals surface area contributed by atoms with Crippen LogP contribution in [0.15, 0.2) is 23.2 Å². The van der Waals surface area contributed by atoms with Gasteiger partial charge in [-0.1, -0.05) is 11.6 Å². The lowest BCUT2D eigenvalue weighted by molar-refractivity contribution is 0.180. The number of sulfonamides is 1. The van der Waals surface area contributed by atoms with Crippen molar-refractivity contribution >= 4 is 21.6 Å². The molecule has 1 aliphatic heterocycles. The molecule has 0 amide bonds. The molecule has 2 aliphatic rings. The van der Waals surface area contributed by atoms with Gasteiger partial charge in [0.05, 0.1) is 11.5 Å². The maximum Gasteiger partial charge on any atom is 0.243 e. The molecule has 1 unspecified atom stereocenters. The number of hydrogen-bond acceptors (Lipinski definition) is 4. The van der Waals surface area contributed by atoms with Crippen molar-refractivity contribution in [3.63, 3.8) is 0 Å². The summed E-state index contributed by atoms with van der Waals surface area (Å²) in [6.07, 6.45) is 4.23. The lowest BCUT2D eigenvalue weighted by atomic mass is 10.1. The first-order valence-electron chi connectivity index (χ1n) is 6.78. The molecule has 1 aromatic rings. The molecule has 7 heteroatoms. The molecule has 1 aromatic heterocycles. The SMILES string of the molecule is O=S(=O)(c1ccnc(Cl)c1)N(CC1CCOC1)C1CC1. The molecule has 0 aromatic carbocycles. The van der Waals surface area contributed by atoms with Gasteiger partial charge in [0.25, 0.3) is 0 Å². The van der Waals surface area contributed by atoms with Gasteiger partial charge in [0.15, 0.2) is 0 Å². The summed E-state index contributed by atoms with van der Waals surface area (Å²) in [5.74, 6) is 0.294. The topological polar surface area (TPSA) is 59.5 Å². The quantitative estimate of drug-likeness (QED) is 0.779. The Labute approximate surface area is 123 Å². The summed E-state index contributed by atoms with van der Waals surface area (Å²) in [7, 11) is -3.49. The Morgan fingerprint density at radius 2 is 2.20 bits per heavy atom. The van der Waals surface area contributed by atoms with Gasteiger partial charge < -0.3 is 4.74 Å². The highest BCUT2D eigenvalue weighted by Crippen LogP contribution is 2.34. The Morgan fingerprint density at radius 1 is 1.40 bits per heavy atom. The predicted octanol–water partition coefficient (Wildman–Crippen LogP) is 1.92. The molecule has 0 bridgehead atoms. The third kappa shape index (κ3) is 2.98. The maximum absolute atomic E-state index is 12.8. The summed E-state index contributed by atoms with van der Waals surface area (Å²) >= 11 is 5.81. The second-order valence-corrected chi connectivity index (χ2v) is 7.63. The van der Waals surface area contributed by atoms with Crippen LogP contribution in [-0.4, -0.2) is 43.5 Å². The van der Waals surface area contributed by atoms with Crippen LogP contribution in [0.4, 0.5) is 0 Å². The van der Waals surface area contributed by atoms with Gasteiger partial charge in [-0.25, -0.2) is 13.4 Å². The molecule has 1 saturated heterocycles. The summed E-state index contributed by atoms with van der Waals surface area (Å²) in [4.78, 5) is 4.06. The first kappa shape index (κ1) is 14.3. The zero-order valence-electron chi connectivity index (χ0n) is 11.0. The van der Waals surface area contributed by atoms with Gasteiger partial charge in [-0.2, -0.15) is 4.31 Å². The molecule has 20 heavy (non-hydrogen) atoms. The van der Waals surface area contributed by atoms with E-state index in [0.29, 0.717) is 19.1 Å². The molecule has 0 radical (unpaired) electrons. The van der Waals surface area contributed by atoms with E-state index in [9.17, 15) is 8.42 Å². The fourth-order valence-corrected chi connectivity index (χ4v) is 4.48. The largest absolute Gasteiger partial charge is 0.381 e. The number of ether oxygens (including phenoxy) is 1. The van der Waals surface area contributed by atoms with E-state index in [1.807, 2.05) is 0 Å². The van der Waals surface area contributed by atoms with E-state index in [4.69, 9.17) is 16.3 Å². The van der Waals surface area contributed by atoms with Crippen LogP contribution in [0.25, 0.3) is 0 Å². The van der Waals surface area contributed by atoms with E-state index in [0.717, 1.165) is 25.9 Å². The molecule has 110 valence electrons. The fraction of sp³-hybridized carbons (Fsp3) is 0.615. The molecule has 1 saturated carbocycles. The van der Waals surface area contributed by atoms with E-state index in [2.05, 4.69) is 4.98 Å². The number of hydrogen-bond donors (Lipinski definition) is 0. The molecule has 1 atom stereocenters. The van der Waals surface area contributed by atoms with Gasteiger partial charge in [-0.15, -0.1) is 0 Å². The molecule has 0 spiro atoms. The second kappa shape index (κ2) is 5.60. The van der Waals surface area contributed by atoms with E-state index in [-0.39, 0.29) is 16.1 Å². The zero-order chi connectivity index (χ0) is 14.2. The summed E-state index contributed by atoms with van der Waals surface area (Å²) in [5.41, 5.74) is 0. The minimum absolute atomic E-state index is 0.132. The lowest BCUT2D eigenvalue weighted by Crippen LogP contribution is -2.37. The third-order valence-electron chi connectivity index (χ3n) is 3.72. The smallest absolute Gasteiger partial charge is 0.243 e. The molecule has 2 fully saturated rings. The summed E-state index contributed by atoms with van der Waals surface area (Å²) in [6.45, 7) is 1.91. The minimum Gasteiger partial charge on any atom is -0.381 e. The maximum atomic E-state index is 12.8. The highest BCUT2D eigenvalue weighted by Gasteiger charge is 2.39. The van der Waals surface area contributed by atoms with Gasteiger partial charge in [0.2, 0.25) is 10.0 Å². The van der Waals surface area contributed by atoms with Crippen molar-refractivity contribution in [1.29, 1.82) is 0 Å². The Balaban J connectivity index is 1.85. The van der Waals surface area contributed by atoms with Gasteiger partial charge >= 0.3 is 0 Å². The number of halogens is 1. The van der Waals surface area contributed by atoms with Crippen molar-refractivity contribution in [1.82, 2.24) is 9.29 Å². The van der Waals surface area contributed by atoms with Crippen molar-refractivity contribution < 1.29 is 13.2 Å². The van der Waals surface area contributed by atoms with Gasteiger partial charge in [0.1, 0.15) is 5.15 Å². The number of aromatic nitrogens is 1. The normalized spacial score (nSPS) is 23.4. The van der Waals surface area contributed by atoms with E-state index in [1.54, 1.807) is 4.31 Å². The highest BCUT2D eigenvalue weighted by molar-refractivity contribution is 7.89. The second-order valence-electron chi connectivity index (χ2n) is 5.35. The average Bonchev–Trinajstić information content (AvgIpc) is 3.12. The van der Waals surface area contributed by atoms with Crippen LogP contribution in [0.5, 0.6) is 0 Å². The number of pyridine rings is 1. The predicted molar refractivity (Wildman–Crippen MR) is 75.1 cm³/mol. The van der Waals surface area contributed by atoms with Crippen LogP contribution in [0, 0.1) is 5.92 Å². The van der Waals surface area contributed by atoms with E-state index in [1.165, 1.54) is 18.3 Å². The minimum atomic E-state index is -3.49. The molecule has 3 rings (SSSR count). The van der Waals surface area contributed by atoms with Crippen LogP contribution in [0.1, 0.15) is 19.3 Å². The number of nitrogens with zero attached hydrogens (tertiary/aromatic N) is 2. The zero-order valence-corrected chi connectivity index (χ0v) is 12.6. The first-order chi connectivity index (χ1) is 9.57. The lowest BCUT2D eigenvalue weighted by Gasteiger charge is -2.24. The molecule has 0 N–H and O–H groups in total. The Kier molecular flexibility index (Phi) is 3.99. The Hall–Kier alpha value is -0.690. The van der Waals surface area contributed by atoms with Gasteiger partial charge in [0, 0.05) is 25.4 Å². The highest BCUT2D eigenvalue weighted by atomic mass is 35.5. The van der Waals surface area contributed by atoms with Crippen molar-refractivity contribution in [2.24, 2.45) is 5.92 Å².